The highest BCUT2D eigenvalue weighted by Gasteiger charge is 2.21. The van der Waals surface area contributed by atoms with Gasteiger partial charge in [0.15, 0.2) is 0 Å². The molecule has 5 rings (SSSR count). The number of amides is 2. The first-order chi connectivity index (χ1) is 16.5. The molecule has 0 unspecified atom stereocenters. The van der Waals surface area contributed by atoms with Crippen LogP contribution in [0.1, 0.15) is 35.4 Å². The fraction of sp³-hybridized carbons (Fsp3) is 0.292. The number of rotatable bonds is 5. The number of aromatic nitrogens is 5. The van der Waals surface area contributed by atoms with Gasteiger partial charge in [-0.15, -0.1) is 0 Å². The van der Waals surface area contributed by atoms with Crippen molar-refractivity contribution in [2.75, 3.05) is 11.9 Å². The van der Waals surface area contributed by atoms with Crippen molar-refractivity contribution in [1.82, 2.24) is 30.0 Å². The van der Waals surface area contributed by atoms with Gasteiger partial charge in [-0.25, -0.2) is 4.98 Å². The number of benzene rings is 1. The summed E-state index contributed by atoms with van der Waals surface area (Å²) in [7, 11) is 0. The lowest BCUT2D eigenvalue weighted by Gasteiger charge is -2.15. The Kier molecular flexibility index (Phi) is 5.70. The van der Waals surface area contributed by atoms with Gasteiger partial charge in [0.25, 0.3) is 5.56 Å². The molecule has 0 bridgehead atoms. The van der Waals surface area contributed by atoms with E-state index in [1.807, 2.05) is 30.5 Å². The molecule has 3 heterocycles. The van der Waals surface area contributed by atoms with Gasteiger partial charge in [-0.05, 0) is 50.7 Å². The number of aromatic amines is 2. The predicted molar refractivity (Wildman–Crippen MR) is 127 cm³/mol. The monoisotopic (exact) mass is 459 g/mol. The zero-order valence-corrected chi connectivity index (χ0v) is 18.8. The number of aryl methyl sites for hydroxylation is 2. The molecule has 1 aliphatic carbocycles. The first-order valence-electron chi connectivity index (χ1n) is 11.3. The number of anilines is 1. The van der Waals surface area contributed by atoms with Crippen molar-refractivity contribution in [1.29, 1.82) is 0 Å². The van der Waals surface area contributed by atoms with Gasteiger partial charge in [-0.2, -0.15) is 9.78 Å². The van der Waals surface area contributed by atoms with E-state index in [1.54, 1.807) is 13.0 Å². The van der Waals surface area contributed by atoms with Crippen LogP contribution in [0.4, 0.5) is 5.82 Å². The normalized spacial score (nSPS) is 13.0. The number of carbonyl (C=O) groups excluding carboxylic acids is 2. The highest BCUT2D eigenvalue weighted by atomic mass is 16.2. The van der Waals surface area contributed by atoms with Crippen LogP contribution in [0.25, 0.3) is 16.9 Å². The Morgan fingerprint density at radius 3 is 2.85 bits per heavy atom. The van der Waals surface area contributed by atoms with Gasteiger partial charge < -0.3 is 15.6 Å². The lowest BCUT2D eigenvalue weighted by molar-refractivity contribution is -0.136. The summed E-state index contributed by atoms with van der Waals surface area (Å²) >= 11 is 0. The lowest BCUT2D eigenvalue weighted by Crippen LogP contribution is -2.37. The summed E-state index contributed by atoms with van der Waals surface area (Å²) in [6.45, 7) is 2.07. The molecule has 0 saturated carbocycles. The minimum atomic E-state index is -0.819. The molecule has 4 aromatic rings. The van der Waals surface area contributed by atoms with Crippen LogP contribution in [0.5, 0.6) is 0 Å². The standard InChI is InChI=1S/C24H25N7O3/c1-14-12-20(31(30-14)24-27-19-9-5-3-7-17(19)21(32)29-24)28-23(34)22(33)25-11-10-15-13-26-18-8-4-2-6-16(15)18/h2,4,6,8,12-13,26H,3,5,7,9-11H2,1H3,(H,25,33)(H,28,34)(H,27,29,32). The van der Waals surface area contributed by atoms with Crippen LogP contribution in [0.3, 0.4) is 0 Å². The molecule has 0 aliphatic heterocycles. The summed E-state index contributed by atoms with van der Waals surface area (Å²) in [4.78, 5) is 48.0. The van der Waals surface area contributed by atoms with Crippen molar-refractivity contribution < 1.29 is 9.59 Å². The molecule has 0 atom stereocenters. The number of hydrogen-bond acceptors (Lipinski definition) is 5. The zero-order valence-electron chi connectivity index (χ0n) is 18.8. The van der Waals surface area contributed by atoms with E-state index in [-0.39, 0.29) is 17.3 Å². The number of nitrogens with zero attached hydrogens (tertiary/aromatic N) is 3. The summed E-state index contributed by atoms with van der Waals surface area (Å²) in [5, 5.41) is 10.7. The molecule has 1 aromatic carbocycles. The maximum absolute atomic E-state index is 12.5. The highest BCUT2D eigenvalue weighted by molar-refractivity contribution is 6.39. The number of para-hydroxylation sites is 1. The van der Waals surface area contributed by atoms with Crippen molar-refractivity contribution in [2.24, 2.45) is 0 Å². The maximum Gasteiger partial charge on any atom is 0.314 e. The Bertz CT molecular complexity index is 1450. The first-order valence-corrected chi connectivity index (χ1v) is 11.3. The third-order valence-corrected chi connectivity index (χ3v) is 6.01. The van der Waals surface area contributed by atoms with Crippen LogP contribution >= 0.6 is 0 Å². The fourth-order valence-corrected chi connectivity index (χ4v) is 4.34. The summed E-state index contributed by atoms with van der Waals surface area (Å²) in [6, 6.07) is 9.54. The van der Waals surface area contributed by atoms with E-state index in [9.17, 15) is 14.4 Å². The van der Waals surface area contributed by atoms with E-state index in [1.165, 1.54) is 4.68 Å². The molecule has 0 radical (unpaired) electrons. The predicted octanol–water partition coefficient (Wildman–Crippen LogP) is 1.92. The number of nitrogens with one attached hydrogen (secondary N) is 4. The SMILES string of the molecule is Cc1cc(NC(=O)C(=O)NCCc2c[nH]c3ccccc23)n(-c2nc3c(c(=O)[nH]2)CCCC3)n1. The van der Waals surface area contributed by atoms with E-state index in [0.29, 0.717) is 30.6 Å². The molecule has 174 valence electrons. The Balaban J connectivity index is 1.27. The van der Waals surface area contributed by atoms with Crippen molar-refractivity contribution >= 4 is 28.5 Å². The molecule has 0 saturated heterocycles. The summed E-state index contributed by atoms with van der Waals surface area (Å²) < 4.78 is 1.35. The fourth-order valence-electron chi connectivity index (χ4n) is 4.34. The molecule has 34 heavy (non-hydrogen) atoms. The van der Waals surface area contributed by atoms with Crippen molar-refractivity contribution in [3.05, 3.63) is 69.4 Å². The molecule has 10 nitrogen and oxygen atoms in total. The van der Waals surface area contributed by atoms with Crippen LogP contribution < -0.4 is 16.2 Å². The smallest absolute Gasteiger partial charge is 0.314 e. The van der Waals surface area contributed by atoms with Crippen LogP contribution in [0.15, 0.2) is 41.3 Å². The maximum atomic E-state index is 12.5. The third kappa shape index (κ3) is 4.21. The van der Waals surface area contributed by atoms with Gasteiger partial charge in [0.1, 0.15) is 5.82 Å². The number of fused-ring (bicyclic) bond motifs is 2. The summed E-state index contributed by atoms with van der Waals surface area (Å²) in [6.07, 6.45) is 5.87. The second-order valence-electron chi connectivity index (χ2n) is 8.42. The molecule has 2 amide bonds. The van der Waals surface area contributed by atoms with Crippen molar-refractivity contribution in [3.8, 4) is 5.95 Å². The van der Waals surface area contributed by atoms with E-state index >= 15 is 0 Å². The van der Waals surface area contributed by atoms with Gasteiger partial charge >= 0.3 is 11.8 Å². The van der Waals surface area contributed by atoms with Crippen LogP contribution in [-0.4, -0.2) is 43.1 Å². The average Bonchev–Trinajstić information content (AvgIpc) is 3.42. The molecule has 1 aliphatic rings. The summed E-state index contributed by atoms with van der Waals surface area (Å²) in [5.41, 5.74) is 3.96. The topological polar surface area (TPSA) is 138 Å². The minimum absolute atomic E-state index is 0.194. The van der Waals surface area contributed by atoms with Gasteiger partial charge in [-0.3, -0.25) is 19.4 Å². The molecule has 3 aromatic heterocycles. The molecule has 0 fully saturated rings. The summed E-state index contributed by atoms with van der Waals surface area (Å²) in [5.74, 6) is -1.10. The molecule has 10 heteroatoms. The van der Waals surface area contributed by atoms with E-state index in [0.717, 1.165) is 41.4 Å². The Labute approximate surface area is 194 Å². The molecular weight excluding hydrogens is 434 g/mol. The second kappa shape index (κ2) is 8.97. The number of hydrogen-bond donors (Lipinski definition) is 4. The van der Waals surface area contributed by atoms with E-state index in [2.05, 4.69) is 30.7 Å². The number of carbonyl (C=O) groups is 2. The zero-order chi connectivity index (χ0) is 23.7. The van der Waals surface area contributed by atoms with E-state index in [4.69, 9.17) is 0 Å². The quantitative estimate of drug-likeness (QED) is 0.338. The van der Waals surface area contributed by atoms with Crippen LogP contribution in [0, 0.1) is 6.92 Å². The average molecular weight is 460 g/mol. The Hall–Kier alpha value is -4.21. The van der Waals surface area contributed by atoms with E-state index < -0.39 is 11.8 Å². The van der Waals surface area contributed by atoms with Gasteiger partial charge in [-0.1, -0.05) is 18.2 Å². The third-order valence-electron chi connectivity index (χ3n) is 6.01. The van der Waals surface area contributed by atoms with Crippen LogP contribution in [0.2, 0.25) is 0 Å². The largest absolute Gasteiger partial charge is 0.361 e. The van der Waals surface area contributed by atoms with Gasteiger partial charge in [0, 0.05) is 35.3 Å². The Morgan fingerprint density at radius 1 is 1.15 bits per heavy atom. The van der Waals surface area contributed by atoms with Crippen LogP contribution in [-0.2, 0) is 28.9 Å². The van der Waals surface area contributed by atoms with Gasteiger partial charge in [0.05, 0.1) is 11.4 Å². The highest BCUT2D eigenvalue weighted by Crippen LogP contribution is 2.19. The number of H-pyrrole nitrogens is 2. The molecular formula is C24H25N7O3. The first kappa shape index (κ1) is 21.6. The van der Waals surface area contributed by atoms with Gasteiger partial charge in [0.2, 0.25) is 5.95 Å². The Morgan fingerprint density at radius 2 is 1.97 bits per heavy atom. The van der Waals surface area contributed by atoms with Crippen molar-refractivity contribution in [3.63, 3.8) is 0 Å². The second-order valence-corrected chi connectivity index (χ2v) is 8.42. The minimum Gasteiger partial charge on any atom is -0.361 e. The molecule has 0 spiro atoms. The molecule has 4 N–H and O–H groups in total. The van der Waals surface area contributed by atoms with Crippen molar-refractivity contribution in [2.45, 2.75) is 39.0 Å². The lowest BCUT2D eigenvalue weighted by atomic mass is 9.97.